The summed E-state index contributed by atoms with van der Waals surface area (Å²) in [5, 5.41) is 0. The highest BCUT2D eigenvalue weighted by Gasteiger charge is 2.21. The Labute approximate surface area is 471 Å². The third-order valence-electron chi connectivity index (χ3n) is 14.6. The van der Waals surface area contributed by atoms with Crippen molar-refractivity contribution in [1.29, 1.82) is 0 Å². The summed E-state index contributed by atoms with van der Waals surface area (Å²) in [6, 6.07) is 85.5. The molecule has 0 aliphatic rings. The van der Waals surface area contributed by atoms with Gasteiger partial charge in [-0.2, -0.15) is 0 Å². The molecular weight excluding hydrogens is 957 g/mol. The van der Waals surface area contributed by atoms with E-state index in [1.807, 2.05) is 0 Å². The Hall–Kier alpha value is -9.12. The summed E-state index contributed by atoms with van der Waals surface area (Å²) in [5.74, 6) is 0.235. The van der Waals surface area contributed by atoms with E-state index in [-0.39, 0.29) is 5.92 Å². The predicted octanol–water partition coefficient (Wildman–Crippen LogP) is 19.8. The van der Waals surface area contributed by atoms with Crippen LogP contribution in [0.25, 0.3) is 24.3 Å². The van der Waals surface area contributed by atoms with Gasteiger partial charge in [-0.25, -0.2) is 0 Å². The Balaban J connectivity index is 0.000000235. The molecule has 0 atom stereocenters. The monoisotopic (exact) mass is 1030 g/mol. The normalized spacial score (nSPS) is 11.2. The molecule has 10 aromatic rings. The third kappa shape index (κ3) is 13.9. The molecule has 79 heavy (non-hydrogen) atoms. The molecule has 0 amide bonds. The number of rotatable bonds is 15. The van der Waals surface area contributed by atoms with Crippen LogP contribution in [0.4, 0.5) is 45.5 Å². The van der Waals surface area contributed by atoms with Crippen molar-refractivity contribution in [3.63, 3.8) is 0 Å². The van der Waals surface area contributed by atoms with Crippen LogP contribution in [-0.4, -0.2) is 28.2 Å². The summed E-state index contributed by atoms with van der Waals surface area (Å²) in [5.41, 5.74) is 25.7. The number of hydrogen-bond donors (Lipinski definition) is 0. The van der Waals surface area contributed by atoms with Crippen molar-refractivity contribution in [2.75, 3.05) is 47.8 Å². The van der Waals surface area contributed by atoms with Crippen LogP contribution in [0, 0.1) is 41.5 Å². The van der Waals surface area contributed by atoms with Gasteiger partial charge in [-0.05, 0) is 189 Å². The molecule has 0 aromatic heterocycles. The first-order valence-electron chi connectivity index (χ1n) is 27.4. The van der Waals surface area contributed by atoms with E-state index in [2.05, 4.69) is 350 Å². The second kappa shape index (κ2) is 25.4. The molecule has 0 saturated carbocycles. The van der Waals surface area contributed by atoms with E-state index in [9.17, 15) is 0 Å². The number of benzene rings is 10. The van der Waals surface area contributed by atoms with Crippen LogP contribution in [0.1, 0.15) is 78.2 Å². The third-order valence-corrected chi connectivity index (χ3v) is 14.6. The minimum atomic E-state index is 0.235. The van der Waals surface area contributed by atoms with Gasteiger partial charge in [-0.3, -0.25) is 0 Å². The highest BCUT2D eigenvalue weighted by Crippen LogP contribution is 2.39. The Morgan fingerprint density at radius 2 is 0.506 bits per heavy atom. The topological polar surface area (TPSA) is 13.0 Å². The lowest BCUT2D eigenvalue weighted by molar-refractivity contribution is 0.945. The molecule has 4 heteroatoms. The lowest BCUT2D eigenvalue weighted by Gasteiger charge is -2.25. The van der Waals surface area contributed by atoms with Crippen LogP contribution in [0.5, 0.6) is 0 Å². The molecule has 0 spiro atoms. The average Bonchev–Trinajstić information content (AvgIpc) is 3.46. The van der Waals surface area contributed by atoms with E-state index in [1.54, 1.807) is 0 Å². The van der Waals surface area contributed by atoms with Gasteiger partial charge in [0.25, 0.3) is 0 Å². The summed E-state index contributed by atoms with van der Waals surface area (Å²) in [4.78, 5) is 8.92. The standard InChI is InChI=1S/C50H44N2.C25H30N2/c1-37-5-25-45(26-6-37)51(46-27-7-38(2)8-28-46)49-33-21-43(22-34-49)19-17-41-13-15-42(16-14-41)18-20-44-23-35-50(36-24-44)52(47-29-9-39(3)10-30-47)48-31-11-40(4)12-32-48;1-18-16-21(26(3)4)12-14-23(18)25(20-10-8-7-9-11-20)24-15-13-22(27(5)6)17-19(24)2/h5-36H,1-4H3;7-17,25H,1-6H3/b19-17+,20-18+;. The van der Waals surface area contributed by atoms with Gasteiger partial charge in [0.05, 0.1) is 0 Å². The lowest BCUT2D eigenvalue weighted by atomic mass is 9.81. The zero-order valence-corrected chi connectivity index (χ0v) is 47.7. The maximum atomic E-state index is 2.30. The summed E-state index contributed by atoms with van der Waals surface area (Å²) in [6.07, 6.45) is 8.70. The summed E-state index contributed by atoms with van der Waals surface area (Å²) in [6.45, 7) is 12.9. The van der Waals surface area contributed by atoms with Crippen molar-refractivity contribution in [1.82, 2.24) is 0 Å². The number of anilines is 8. The maximum Gasteiger partial charge on any atom is 0.0462 e. The van der Waals surface area contributed by atoms with Gasteiger partial charge in [-0.1, -0.05) is 186 Å². The Morgan fingerprint density at radius 1 is 0.266 bits per heavy atom. The lowest BCUT2D eigenvalue weighted by Crippen LogP contribution is -2.12. The van der Waals surface area contributed by atoms with Gasteiger partial charge in [0.2, 0.25) is 0 Å². The molecule has 0 saturated heterocycles. The summed E-state index contributed by atoms with van der Waals surface area (Å²) in [7, 11) is 8.36. The van der Waals surface area contributed by atoms with Crippen molar-refractivity contribution in [3.8, 4) is 0 Å². The quantitative estimate of drug-likeness (QED) is 0.0749. The van der Waals surface area contributed by atoms with Gasteiger partial charge in [-0.15, -0.1) is 0 Å². The fourth-order valence-electron chi connectivity index (χ4n) is 9.94. The van der Waals surface area contributed by atoms with Gasteiger partial charge < -0.3 is 19.6 Å². The van der Waals surface area contributed by atoms with Crippen molar-refractivity contribution in [2.45, 2.75) is 47.5 Å². The first kappa shape index (κ1) is 54.7. The molecule has 10 aromatic carbocycles. The largest absolute Gasteiger partial charge is 0.378 e. The van der Waals surface area contributed by atoms with E-state index < -0.39 is 0 Å². The second-order valence-corrected chi connectivity index (χ2v) is 21.2. The molecule has 394 valence electrons. The molecule has 10 rings (SSSR count). The fraction of sp³-hybridized carbons (Fsp3) is 0.147. The highest BCUT2D eigenvalue weighted by molar-refractivity contribution is 5.80. The van der Waals surface area contributed by atoms with Gasteiger partial charge in [0, 0.05) is 79.6 Å². The van der Waals surface area contributed by atoms with E-state index in [1.165, 1.54) is 72.6 Å². The van der Waals surface area contributed by atoms with Crippen molar-refractivity contribution >= 4 is 69.8 Å². The molecule has 0 aliphatic heterocycles. The molecule has 0 fully saturated rings. The zero-order chi connectivity index (χ0) is 55.4. The molecule has 0 radical (unpaired) electrons. The predicted molar refractivity (Wildman–Crippen MR) is 344 cm³/mol. The minimum Gasteiger partial charge on any atom is -0.378 e. The molecule has 4 nitrogen and oxygen atoms in total. The highest BCUT2D eigenvalue weighted by atomic mass is 15.1. The summed E-state index contributed by atoms with van der Waals surface area (Å²) < 4.78 is 0. The molecule has 0 aliphatic carbocycles. The number of hydrogen-bond acceptors (Lipinski definition) is 4. The van der Waals surface area contributed by atoms with Crippen LogP contribution >= 0.6 is 0 Å². The molecule has 0 N–H and O–H groups in total. The van der Waals surface area contributed by atoms with Crippen LogP contribution in [-0.2, 0) is 0 Å². The first-order valence-corrected chi connectivity index (χ1v) is 27.4. The molecule has 0 heterocycles. The van der Waals surface area contributed by atoms with Crippen LogP contribution < -0.4 is 19.6 Å². The Kier molecular flexibility index (Phi) is 17.5. The van der Waals surface area contributed by atoms with Crippen LogP contribution in [0.2, 0.25) is 0 Å². The van der Waals surface area contributed by atoms with Crippen LogP contribution in [0.3, 0.4) is 0 Å². The molecule has 0 bridgehead atoms. The zero-order valence-electron chi connectivity index (χ0n) is 47.7. The SMILES string of the molecule is Cc1cc(N(C)C)ccc1C(c1ccccc1)c1ccc(N(C)C)cc1C.Cc1ccc(N(c2ccc(C)cc2)c2ccc(/C=C/c3ccc(/C=C/c4ccc(N(c5ccc(C)cc5)c5ccc(C)cc5)cc4)cc3)cc2)cc1. The van der Waals surface area contributed by atoms with Crippen molar-refractivity contribution in [3.05, 3.63) is 309 Å². The molecule has 0 unspecified atom stereocenters. The van der Waals surface area contributed by atoms with Crippen LogP contribution in [0.15, 0.2) is 237 Å². The van der Waals surface area contributed by atoms with Crippen molar-refractivity contribution < 1.29 is 0 Å². The Morgan fingerprint density at radius 3 is 0.759 bits per heavy atom. The maximum absolute atomic E-state index is 2.30. The van der Waals surface area contributed by atoms with Gasteiger partial charge in [0.1, 0.15) is 0 Å². The Bertz CT molecular complexity index is 3300. The average molecular weight is 1030 g/mol. The first-order chi connectivity index (χ1) is 38.3. The second-order valence-electron chi connectivity index (χ2n) is 21.2. The number of aryl methyl sites for hydroxylation is 6. The van der Waals surface area contributed by atoms with E-state index in [4.69, 9.17) is 0 Å². The molecular formula is C75H74N4. The van der Waals surface area contributed by atoms with Gasteiger partial charge >= 0.3 is 0 Å². The number of nitrogens with zero attached hydrogens (tertiary/aromatic N) is 4. The summed E-state index contributed by atoms with van der Waals surface area (Å²) >= 11 is 0. The van der Waals surface area contributed by atoms with E-state index >= 15 is 0 Å². The van der Waals surface area contributed by atoms with Gasteiger partial charge in [0.15, 0.2) is 0 Å². The minimum absolute atomic E-state index is 0.235. The van der Waals surface area contributed by atoms with Crippen molar-refractivity contribution in [2.24, 2.45) is 0 Å². The smallest absolute Gasteiger partial charge is 0.0462 e. The van der Waals surface area contributed by atoms with E-state index in [0.29, 0.717) is 0 Å². The van der Waals surface area contributed by atoms with E-state index in [0.717, 1.165) is 45.3 Å². The fourth-order valence-corrected chi connectivity index (χ4v) is 9.94.